The smallest absolute Gasteiger partial charge is 0.145 e. The maximum Gasteiger partial charge on any atom is 0.145 e. The third-order valence-corrected chi connectivity index (χ3v) is 6.81. The van der Waals surface area contributed by atoms with Crippen LogP contribution < -0.4 is 0 Å². The molecule has 160 valence electrons. The van der Waals surface area contributed by atoms with E-state index in [9.17, 15) is 9.90 Å². The summed E-state index contributed by atoms with van der Waals surface area (Å²) in [5, 5.41) is 12.3. The van der Waals surface area contributed by atoms with Crippen molar-refractivity contribution in [3.05, 3.63) is 77.9 Å². The normalized spacial score (nSPS) is 27.5. The second-order valence-electron chi connectivity index (χ2n) is 11.1. The molecule has 3 atom stereocenters. The van der Waals surface area contributed by atoms with Gasteiger partial charge in [0.25, 0.3) is 0 Å². The number of rotatable bonds is 3. The Hall–Kier alpha value is -2.19. The third kappa shape index (κ3) is 3.78. The van der Waals surface area contributed by atoms with E-state index in [1.165, 1.54) is 0 Å². The van der Waals surface area contributed by atoms with Gasteiger partial charge in [-0.15, -0.1) is 0 Å². The molecule has 1 N–H and O–H groups in total. The molecule has 0 spiro atoms. The zero-order valence-corrected chi connectivity index (χ0v) is 19.5. The van der Waals surface area contributed by atoms with Crippen LogP contribution in [-0.2, 0) is 10.2 Å². The van der Waals surface area contributed by atoms with Gasteiger partial charge >= 0.3 is 0 Å². The van der Waals surface area contributed by atoms with E-state index >= 15 is 0 Å². The summed E-state index contributed by atoms with van der Waals surface area (Å²) in [6.45, 7) is 14.1. The van der Waals surface area contributed by atoms with Crippen molar-refractivity contribution < 1.29 is 9.90 Å². The minimum absolute atomic E-state index is 0.106. The van der Waals surface area contributed by atoms with Gasteiger partial charge < -0.3 is 5.11 Å². The molecule has 0 heterocycles. The molecule has 0 saturated heterocycles. The van der Waals surface area contributed by atoms with Crippen molar-refractivity contribution in [3.63, 3.8) is 0 Å². The van der Waals surface area contributed by atoms with E-state index in [1.54, 1.807) is 0 Å². The number of hydrogen-bond acceptors (Lipinski definition) is 2. The lowest BCUT2D eigenvalue weighted by atomic mass is 9.50. The largest absolute Gasteiger partial charge is 0.384 e. The predicted molar refractivity (Wildman–Crippen MR) is 125 cm³/mol. The Morgan fingerprint density at radius 3 is 1.87 bits per heavy atom. The molecule has 1 aliphatic rings. The van der Waals surface area contributed by atoms with Gasteiger partial charge in [0, 0.05) is 10.8 Å². The average molecular weight is 405 g/mol. The van der Waals surface area contributed by atoms with Gasteiger partial charge in [0.05, 0.1) is 11.5 Å². The first-order chi connectivity index (χ1) is 13.8. The van der Waals surface area contributed by atoms with Crippen molar-refractivity contribution in [1.29, 1.82) is 0 Å². The Kier molecular flexibility index (Phi) is 5.62. The number of hydrogen-bond donors (Lipinski definition) is 1. The van der Waals surface area contributed by atoms with Gasteiger partial charge in [-0.1, -0.05) is 109 Å². The summed E-state index contributed by atoms with van der Waals surface area (Å²) in [7, 11) is 0. The highest BCUT2D eigenvalue weighted by Gasteiger charge is 2.60. The molecule has 0 bridgehead atoms. The van der Waals surface area contributed by atoms with Crippen LogP contribution in [0.5, 0.6) is 0 Å². The number of carbonyl (C=O) groups is 1. The minimum Gasteiger partial charge on any atom is -0.384 e. The Bertz CT molecular complexity index is 928. The summed E-state index contributed by atoms with van der Waals surface area (Å²) in [6, 6.07) is 20.5. The summed E-state index contributed by atoms with van der Waals surface area (Å²) < 4.78 is 0. The van der Waals surface area contributed by atoms with Gasteiger partial charge in [-0.3, -0.25) is 4.79 Å². The molecular weight excluding hydrogens is 368 g/mol. The van der Waals surface area contributed by atoms with Crippen molar-refractivity contribution in [2.75, 3.05) is 0 Å². The highest BCUT2D eigenvalue weighted by atomic mass is 16.3. The number of benzene rings is 2. The van der Waals surface area contributed by atoms with Gasteiger partial charge in [0.15, 0.2) is 0 Å². The maximum absolute atomic E-state index is 13.9. The van der Waals surface area contributed by atoms with E-state index in [2.05, 4.69) is 31.2 Å². The molecule has 3 rings (SSSR count). The van der Waals surface area contributed by atoms with E-state index < -0.39 is 27.8 Å². The standard InChI is InChI=1S/C28H36O2/c1-25(2,3)24(29)23-27(7,22-16-12-9-13-17-22)18-21(20-14-10-8-11-15-20)19-28(23,30)26(4,5)6/h8-17,19,23,30H,18H2,1-7H3/t23-,27+,28-/m0/s1. The number of ketones is 1. The van der Waals surface area contributed by atoms with Crippen molar-refractivity contribution >= 4 is 11.4 Å². The van der Waals surface area contributed by atoms with Crippen molar-refractivity contribution in [2.24, 2.45) is 16.7 Å². The zero-order valence-electron chi connectivity index (χ0n) is 19.5. The lowest BCUT2D eigenvalue weighted by Gasteiger charge is -2.55. The fourth-order valence-electron chi connectivity index (χ4n) is 4.88. The van der Waals surface area contributed by atoms with Crippen LogP contribution in [0.15, 0.2) is 66.7 Å². The first-order valence-corrected chi connectivity index (χ1v) is 10.9. The van der Waals surface area contributed by atoms with Gasteiger partial charge in [0.1, 0.15) is 5.78 Å². The highest BCUT2D eigenvalue weighted by Crippen LogP contribution is 2.56. The molecule has 0 amide bonds. The van der Waals surface area contributed by atoms with E-state index in [0.29, 0.717) is 6.42 Å². The van der Waals surface area contributed by atoms with Gasteiger partial charge in [-0.05, 0) is 34.6 Å². The lowest BCUT2D eigenvalue weighted by Crippen LogP contribution is -2.62. The summed E-state index contributed by atoms with van der Waals surface area (Å²) in [5.41, 5.74) is 0.393. The van der Waals surface area contributed by atoms with Crippen molar-refractivity contribution in [1.82, 2.24) is 0 Å². The topological polar surface area (TPSA) is 37.3 Å². The quantitative estimate of drug-likeness (QED) is 0.639. The molecule has 0 saturated carbocycles. The second-order valence-corrected chi connectivity index (χ2v) is 11.1. The van der Waals surface area contributed by atoms with Gasteiger partial charge in [0.2, 0.25) is 0 Å². The number of allylic oxidation sites excluding steroid dienone is 1. The molecular formula is C28H36O2. The van der Waals surface area contributed by atoms with Crippen LogP contribution in [0.1, 0.15) is 66.0 Å². The van der Waals surface area contributed by atoms with E-state index in [1.807, 2.05) is 84.0 Å². The van der Waals surface area contributed by atoms with Crippen LogP contribution in [0.25, 0.3) is 5.57 Å². The molecule has 0 aromatic heterocycles. The van der Waals surface area contributed by atoms with Crippen LogP contribution in [0.4, 0.5) is 0 Å². The van der Waals surface area contributed by atoms with Crippen LogP contribution in [-0.4, -0.2) is 16.5 Å². The van der Waals surface area contributed by atoms with Gasteiger partial charge in [-0.2, -0.15) is 0 Å². The first-order valence-electron chi connectivity index (χ1n) is 10.9. The minimum atomic E-state index is -1.29. The number of aliphatic hydroxyl groups is 1. The summed E-state index contributed by atoms with van der Waals surface area (Å²) in [4.78, 5) is 13.9. The lowest BCUT2D eigenvalue weighted by molar-refractivity contribution is -0.153. The summed E-state index contributed by atoms with van der Waals surface area (Å²) in [5.74, 6) is -0.450. The molecule has 2 aromatic rings. The molecule has 0 radical (unpaired) electrons. The fourth-order valence-corrected chi connectivity index (χ4v) is 4.88. The molecule has 0 aliphatic heterocycles. The zero-order chi connectivity index (χ0) is 22.4. The molecule has 2 nitrogen and oxygen atoms in total. The van der Waals surface area contributed by atoms with Gasteiger partial charge in [-0.25, -0.2) is 0 Å². The Morgan fingerprint density at radius 2 is 1.40 bits per heavy atom. The second kappa shape index (κ2) is 7.50. The van der Waals surface area contributed by atoms with Crippen LogP contribution in [0.3, 0.4) is 0 Å². The summed E-state index contributed by atoms with van der Waals surface area (Å²) >= 11 is 0. The Balaban J connectivity index is 2.34. The third-order valence-electron chi connectivity index (χ3n) is 6.81. The fraction of sp³-hybridized carbons (Fsp3) is 0.464. The Labute approximate surface area is 182 Å². The molecule has 2 aromatic carbocycles. The monoisotopic (exact) mass is 404 g/mol. The summed E-state index contributed by atoms with van der Waals surface area (Å²) in [6.07, 6.45) is 2.69. The Morgan fingerprint density at radius 1 is 0.900 bits per heavy atom. The molecule has 0 unspecified atom stereocenters. The average Bonchev–Trinajstić information content (AvgIpc) is 2.67. The number of carbonyl (C=O) groups excluding carboxylic acids is 1. The highest BCUT2D eigenvalue weighted by molar-refractivity contribution is 5.91. The SMILES string of the molecule is CC(C)(C)C(=O)[C@H]1[C@@](C)(c2ccccc2)CC(c2ccccc2)=C[C@@]1(O)C(C)(C)C. The number of Topliss-reactive ketones (excluding diaryl/α,β-unsaturated/α-hetero) is 1. The molecule has 1 aliphatic carbocycles. The van der Waals surface area contributed by atoms with E-state index in [4.69, 9.17) is 0 Å². The maximum atomic E-state index is 13.9. The molecule has 2 heteroatoms. The van der Waals surface area contributed by atoms with Crippen LogP contribution >= 0.6 is 0 Å². The molecule has 30 heavy (non-hydrogen) atoms. The molecule has 0 fully saturated rings. The first kappa shape index (κ1) is 22.5. The van der Waals surface area contributed by atoms with E-state index in [0.717, 1.165) is 16.7 Å². The van der Waals surface area contributed by atoms with Crippen molar-refractivity contribution in [2.45, 2.75) is 65.9 Å². The predicted octanol–water partition coefficient (Wildman–Crippen LogP) is 6.44. The van der Waals surface area contributed by atoms with Crippen molar-refractivity contribution in [3.8, 4) is 0 Å². The van der Waals surface area contributed by atoms with Crippen LogP contribution in [0.2, 0.25) is 0 Å². The van der Waals surface area contributed by atoms with Crippen LogP contribution in [0, 0.1) is 16.7 Å². The van der Waals surface area contributed by atoms with E-state index in [-0.39, 0.29) is 5.78 Å².